The Morgan fingerprint density at radius 1 is 0.914 bits per heavy atom. The van der Waals surface area contributed by atoms with E-state index in [-0.39, 0.29) is 23.3 Å². The molecule has 4 rings (SSSR count). The lowest BCUT2D eigenvalue weighted by atomic mass is 10.0. The second-order valence-corrected chi connectivity index (χ2v) is 11.2. The van der Waals surface area contributed by atoms with Crippen molar-refractivity contribution in [3.63, 3.8) is 0 Å². The van der Waals surface area contributed by atoms with Gasteiger partial charge in [-0.05, 0) is 68.6 Å². The molecule has 0 bridgehead atoms. The predicted molar refractivity (Wildman–Crippen MR) is 145 cm³/mol. The summed E-state index contributed by atoms with van der Waals surface area (Å²) in [6.07, 6.45) is 4.41. The summed E-state index contributed by atoms with van der Waals surface area (Å²) < 4.78 is 3.47. The molecule has 0 heterocycles. The molecular formula is C29H35N3O2S. The number of amides is 2. The summed E-state index contributed by atoms with van der Waals surface area (Å²) in [4.78, 5) is 27.5. The van der Waals surface area contributed by atoms with Gasteiger partial charge < -0.3 is 10.6 Å². The molecule has 0 unspecified atom stereocenters. The van der Waals surface area contributed by atoms with Crippen molar-refractivity contribution in [2.75, 3.05) is 5.32 Å². The molecule has 5 nitrogen and oxygen atoms in total. The van der Waals surface area contributed by atoms with Crippen molar-refractivity contribution in [2.24, 2.45) is 5.92 Å². The van der Waals surface area contributed by atoms with Gasteiger partial charge in [0.15, 0.2) is 0 Å². The highest BCUT2D eigenvalue weighted by molar-refractivity contribution is 7.97. The molecule has 1 fully saturated rings. The van der Waals surface area contributed by atoms with E-state index in [2.05, 4.69) is 48.3 Å². The van der Waals surface area contributed by atoms with Crippen molar-refractivity contribution < 1.29 is 9.59 Å². The molecule has 0 aliphatic heterocycles. The van der Waals surface area contributed by atoms with Crippen LogP contribution in [-0.4, -0.2) is 23.4 Å². The van der Waals surface area contributed by atoms with E-state index >= 15 is 0 Å². The van der Waals surface area contributed by atoms with E-state index in [0.717, 1.165) is 52.6 Å². The molecule has 1 aliphatic carbocycles. The maximum Gasteiger partial charge on any atom is 0.247 e. The first-order valence-corrected chi connectivity index (χ1v) is 13.2. The number of hydrogen-bond acceptors (Lipinski definition) is 4. The van der Waals surface area contributed by atoms with E-state index in [0.29, 0.717) is 6.42 Å². The summed E-state index contributed by atoms with van der Waals surface area (Å²) in [7, 11) is 0. The van der Waals surface area contributed by atoms with Gasteiger partial charge in [-0.25, -0.2) is 0 Å². The van der Waals surface area contributed by atoms with Gasteiger partial charge >= 0.3 is 0 Å². The molecule has 2 amide bonds. The highest BCUT2D eigenvalue weighted by atomic mass is 32.2. The number of carbonyl (C=O) groups excluding carboxylic acids is 2. The lowest BCUT2D eigenvalue weighted by molar-refractivity contribution is -0.129. The summed E-state index contributed by atoms with van der Waals surface area (Å²) in [5.41, 5.74) is 1.74. The highest BCUT2D eigenvalue weighted by Gasteiger charge is 2.28. The summed E-state index contributed by atoms with van der Waals surface area (Å²) in [6, 6.07) is 21.3. The molecule has 1 aliphatic rings. The normalized spacial score (nSPS) is 15.2. The van der Waals surface area contributed by atoms with E-state index in [4.69, 9.17) is 0 Å². The van der Waals surface area contributed by atoms with E-state index in [1.54, 1.807) is 11.9 Å². The first-order valence-electron chi connectivity index (χ1n) is 12.4. The Morgan fingerprint density at radius 3 is 2.31 bits per heavy atom. The first kappa shape index (κ1) is 25.3. The maximum absolute atomic E-state index is 13.5. The lowest BCUT2D eigenvalue weighted by Gasteiger charge is -2.22. The number of anilines is 1. The van der Waals surface area contributed by atoms with Gasteiger partial charge in [-0.2, -0.15) is 0 Å². The predicted octanol–water partition coefficient (Wildman–Crippen LogP) is 6.09. The average Bonchev–Trinajstić information content (AvgIpc) is 3.38. The Hall–Kier alpha value is -2.83. The third-order valence-corrected chi connectivity index (χ3v) is 7.54. The third-order valence-electron chi connectivity index (χ3n) is 6.25. The second kappa shape index (κ2) is 11.3. The quantitative estimate of drug-likeness (QED) is 0.335. The van der Waals surface area contributed by atoms with Crippen LogP contribution in [0.15, 0.2) is 71.6 Å². The summed E-state index contributed by atoms with van der Waals surface area (Å²) in [6.45, 7) is 6.39. The fraction of sp³-hybridized carbons (Fsp3) is 0.379. The minimum Gasteiger partial charge on any atom is -0.344 e. The molecule has 3 aromatic carbocycles. The molecule has 3 N–H and O–H groups in total. The zero-order chi connectivity index (χ0) is 24.8. The van der Waals surface area contributed by atoms with Crippen LogP contribution in [0.1, 0.15) is 52.0 Å². The zero-order valence-corrected chi connectivity index (χ0v) is 21.6. The van der Waals surface area contributed by atoms with Crippen LogP contribution in [-0.2, 0) is 16.0 Å². The van der Waals surface area contributed by atoms with Crippen LogP contribution in [0.2, 0.25) is 0 Å². The van der Waals surface area contributed by atoms with E-state index in [9.17, 15) is 9.59 Å². The summed E-state index contributed by atoms with van der Waals surface area (Å²) in [5.74, 6) is -0.199. The molecule has 0 radical (unpaired) electrons. The maximum atomic E-state index is 13.5. The van der Waals surface area contributed by atoms with Gasteiger partial charge in [-0.3, -0.25) is 14.3 Å². The minimum atomic E-state index is -0.638. The number of rotatable bonds is 8. The van der Waals surface area contributed by atoms with E-state index in [1.165, 1.54) is 0 Å². The topological polar surface area (TPSA) is 70.2 Å². The summed E-state index contributed by atoms with van der Waals surface area (Å²) in [5, 5.41) is 8.22. The van der Waals surface area contributed by atoms with Gasteiger partial charge in [0.25, 0.3) is 0 Å². The molecule has 0 saturated heterocycles. The van der Waals surface area contributed by atoms with E-state index in [1.807, 2.05) is 54.6 Å². The van der Waals surface area contributed by atoms with Crippen LogP contribution in [0.3, 0.4) is 0 Å². The molecule has 3 aromatic rings. The van der Waals surface area contributed by atoms with Crippen LogP contribution in [0.25, 0.3) is 10.8 Å². The van der Waals surface area contributed by atoms with Crippen LogP contribution in [0, 0.1) is 5.92 Å². The molecule has 184 valence electrons. The molecule has 1 saturated carbocycles. The van der Waals surface area contributed by atoms with Crippen LogP contribution < -0.4 is 15.4 Å². The van der Waals surface area contributed by atoms with Gasteiger partial charge in [0, 0.05) is 33.8 Å². The van der Waals surface area contributed by atoms with Crippen molar-refractivity contribution in [1.29, 1.82) is 0 Å². The largest absolute Gasteiger partial charge is 0.344 e. The Labute approximate surface area is 212 Å². The number of fused-ring (bicyclic) bond motifs is 1. The highest BCUT2D eigenvalue weighted by Crippen LogP contribution is 2.32. The van der Waals surface area contributed by atoms with Crippen LogP contribution in [0.5, 0.6) is 0 Å². The van der Waals surface area contributed by atoms with Crippen molar-refractivity contribution in [2.45, 2.75) is 69.4 Å². The Morgan fingerprint density at radius 2 is 1.60 bits per heavy atom. The van der Waals surface area contributed by atoms with E-state index < -0.39 is 6.04 Å². The standard InChI is InChI=1S/C29H35N3O2S/c1-29(2,3)32-35-26-18-10-15-22-23(26)16-9-17-24(22)30-28(34)25(19-20-11-5-4-6-12-20)31-27(33)21-13-7-8-14-21/h4-6,9-12,15-18,21,25,32H,7-8,13-14,19H2,1-3H3,(H,30,34)(H,31,33)/t25-/m0/s1. The fourth-order valence-electron chi connectivity index (χ4n) is 4.44. The molecule has 1 atom stereocenters. The average molecular weight is 490 g/mol. The lowest BCUT2D eigenvalue weighted by Crippen LogP contribution is -2.47. The van der Waals surface area contributed by atoms with Gasteiger partial charge in [-0.15, -0.1) is 0 Å². The van der Waals surface area contributed by atoms with Crippen molar-refractivity contribution in [3.8, 4) is 0 Å². The minimum absolute atomic E-state index is 0.00790. The zero-order valence-electron chi connectivity index (χ0n) is 20.8. The van der Waals surface area contributed by atoms with Crippen molar-refractivity contribution in [3.05, 3.63) is 72.3 Å². The molecular weight excluding hydrogens is 454 g/mol. The van der Waals surface area contributed by atoms with Crippen molar-refractivity contribution in [1.82, 2.24) is 10.0 Å². The number of hydrogen-bond donors (Lipinski definition) is 3. The third kappa shape index (κ3) is 6.86. The Balaban J connectivity index is 1.56. The van der Waals surface area contributed by atoms with Gasteiger partial charge in [0.1, 0.15) is 6.04 Å². The smallest absolute Gasteiger partial charge is 0.247 e. The number of nitrogens with one attached hydrogen (secondary N) is 3. The van der Waals surface area contributed by atoms with Crippen LogP contribution >= 0.6 is 11.9 Å². The van der Waals surface area contributed by atoms with Crippen molar-refractivity contribution >= 4 is 40.2 Å². The summed E-state index contributed by atoms with van der Waals surface area (Å²) >= 11 is 1.60. The van der Waals surface area contributed by atoms with Gasteiger partial charge in [0.05, 0.1) is 0 Å². The van der Waals surface area contributed by atoms with Gasteiger partial charge in [-0.1, -0.05) is 67.4 Å². The fourth-order valence-corrected chi connectivity index (χ4v) is 5.29. The van der Waals surface area contributed by atoms with Crippen LogP contribution in [0.4, 0.5) is 5.69 Å². The first-order chi connectivity index (χ1) is 16.8. The Bertz CT molecular complexity index is 1170. The SMILES string of the molecule is CC(C)(C)NSc1cccc2c(NC(=O)[C@H](Cc3ccccc3)NC(=O)C3CCCC3)cccc12. The molecule has 0 aromatic heterocycles. The number of carbonyl (C=O) groups is 2. The molecule has 0 spiro atoms. The molecule has 35 heavy (non-hydrogen) atoms. The number of benzene rings is 3. The monoisotopic (exact) mass is 489 g/mol. The Kier molecular flexibility index (Phi) is 8.14. The second-order valence-electron chi connectivity index (χ2n) is 10.3. The van der Waals surface area contributed by atoms with Gasteiger partial charge in [0.2, 0.25) is 11.8 Å². The molecule has 6 heteroatoms.